The van der Waals surface area contributed by atoms with Crippen molar-refractivity contribution in [3.63, 3.8) is 0 Å². The Hall–Kier alpha value is -1.26. The van der Waals surface area contributed by atoms with Crippen molar-refractivity contribution in [2.75, 3.05) is 0 Å². The lowest BCUT2D eigenvalue weighted by Gasteiger charge is -2.11. The quantitative estimate of drug-likeness (QED) is 0.714. The van der Waals surface area contributed by atoms with Crippen LogP contribution >= 0.6 is 11.6 Å². The van der Waals surface area contributed by atoms with E-state index in [4.69, 9.17) is 22.4 Å². The Morgan fingerprint density at radius 2 is 2.21 bits per heavy atom. The van der Waals surface area contributed by atoms with Crippen molar-refractivity contribution in [1.82, 2.24) is 0 Å². The summed E-state index contributed by atoms with van der Waals surface area (Å²) in [5, 5.41) is 17.9. The first kappa shape index (κ1) is 10.8. The van der Waals surface area contributed by atoms with Crippen LogP contribution in [0.25, 0.3) is 0 Å². The van der Waals surface area contributed by atoms with Gasteiger partial charge in [0.25, 0.3) is 0 Å². The number of hydrogen-bond acceptors (Lipinski definition) is 3. The van der Waals surface area contributed by atoms with E-state index in [1.54, 1.807) is 12.1 Å². The maximum absolute atomic E-state index is 10.4. The van der Waals surface area contributed by atoms with E-state index in [9.17, 15) is 9.90 Å². The van der Waals surface area contributed by atoms with Crippen molar-refractivity contribution in [3.8, 4) is 5.75 Å². The summed E-state index contributed by atoms with van der Waals surface area (Å²) in [4.78, 5) is 10.4. The van der Waals surface area contributed by atoms with Crippen LogP contribution in [0.1, 0.15) is 18.0 Å². The molecule has 4 nitrogen and oxygen atoms in total. The van der Waals surface area contributed by atoms with Gasteiger partial charge in [-0.05, 0) is 11.6 Å². The van der Waals surface area contributed by atoms with Crippen LogP contribution in [0.15, 0.2) is 18.2 Å². The van der Waals surface area contributed by atoms with Gasteiger partial charge in [0, 0.05) is 6.04 Å². The Morgan fingerprint density at radius 1 is 1.57 bits per heavy atom. The van der Waals surface area contributed by atoms with Gasteiger partial charge in [0.05, 0.1) is 11.4 Å². The maximum atomic E-state index is 10.4. The van der Waals surface area contributed by atoms with Gasteiger partial charge >= 0.3 is 5.97 Å². The Labute approximate surface area is 85.9 Å². The largest absolute Gasteiger partial charge is 0.506 e. The van der Waals surface area contributed by atoms with Gasteiger partial charge in [-0.25, -0.2) is 0 Å². The van der Waals surface area contributed by atoms with E-state index in [0.717, 1.165) is 0 Å². The topological polar surface area (TPSA) is 83.6 Å². The summed E-state index contributed by atoms with van der Waals surface area (Å²) in [6, 6.07) is 3.87. The van der Waals surface area contributed by atoms with Crippen molar-refractivity contribution in [2.45, 2.75) is 12.5 Å². The number of aliphatic carboxylic acids is 1. The molecular formula is C9H10ClNO3. The van der Waals surface area contributed by atoms with E-state index in [-0.39, 0.29) is 17.2 Å². The molecule has 14 heavy (non-hydrogen) atoms. The van der Waals surface area contributed by atoms with Crippen molar-refractivity contribution >= 4 is 17.6 Å². The van der Waals surface area contributed by atoms with Crippen LogP contribution in [0.4, 0.5) is 0 Å². The molecule has 0 radical (unpaired) electrons. The molecule has 0 aliphatic carbocycles. The standard InChI is InChI=1S/C9H10ClNO3/c10-9-5(2-1-3-7(9)12)6(11)4-8(13)14/h1-3,6,12H,4,11H2,(H,13,14). The number of phenols is 1. The number of aromatic hydroxyl groups is 1. The zero-order valence-electron chi connectivity index (χ0n) is 7.27. The van der Waals surface area contributed by atoms with Gasteiger partial charge in [-0.2, -0.15) is 0 Å². The number of carboxylic acids is 1. The molecule has 1 aromatic rings. The normalized spacial score (nSPS) is 12.4. The lowest BCUT2D eigenvalue weighted by molar-refractivity contribution is -0.137. The summed E-state index contributed by atoms with van der Waals surface area (Å²) in [7, 11) is 0. The van der Waals surface area contributed by atoms with Gasteiger partial charge in [0.2, 0.25) is 0 Å². The second kappa shape index (κ2) is 4.30. The molecule has 1 unspecified atom stereocenters. The number of halogens is 1. The predicted octanol–water partition coefficient (Wildman–Crippen LogP) is 1.52. The third-order valence-corrected chi connectivity index (χ3v) is 2.21. The van der Waals surface area contributed by atoms with Crippen LogP contribution in [0.5, 0.6) is 5.75 Å². The van der Waals surface area contributed by atoms with Gasteiger partial charge in [0.1, 0.15) is 5.75 Å². The molecule has 0 fully saturated rings. The molecule has 76 valence electrons. The number of phenolic OH excluding ortho intramolecular Hbond substituents is 1. The van der Waals surface area contributed by atoms with Crippen LogP contribution in [-0.4, -0.2) is 16.2 Å². The van der Waals surface area contributed by atoms with Crippen LogP contribution in [0.2, 0.25) is 5.02 Å². The third-order valence-electron chi connectivity index (χ3n) is 1.80. The number of carbonyl (C=O) groups is 1. The molecule has 0 amide bonds. The summed E-state index contributed by atoms with van der Waals surface area (Å²) >= 11 is 5.75. The average molecular weight is 216 g/mol. The van der Waals surface area contributed by atoms with Crippen LogP contribution < -0.4 is 5.73 Å². The smallest absolute Gasteiger partial charge is 0.305 e. The number of benzene rings is 1. The number of hydrogen-bond donors (Lipinski definition) is 3. The fourth-order valence-corrected chi connectivity index (χ4v) is 1.39. The van der Waals surface area contributed by atoms with Crippen molar-refractivity contribution in [3.05, 3.63) is 28.8 Å². The summed E-state index contributed by atoms with van der Waals surface area (Å²) in [6.07, 6.45) is -0.219. The maximum Gasteiger partial charge on any atom is 0.305 e. The molecule has 1 aromatic carbocycles. The van der Waals surface area contributed by atoms with Gasteiger partial charge in [-0.1, -0.05) is 23.7 Å². The van der Waals surface area contributed by atoms with Crippen molar-refractivity contribution in [1.29, 1.82) is 0 Å². The second-order valence-corrected chi connectivity index (χ2v) is 3.26. The SMILES string of the molecule is NC(CC(=O)O)c1cccc(O)c1Cl. The van der Waals surface area contributed by atoms with Crippen molar-refractivity contribution < 1.29 is 15.0 Å². The Kier molecular flexibility index (Phi) is 3.33. The zero-order chi connectivity index (χ0) is 10.7. The van der Waals surface area contributed by atoms with Crippen LogP contribution in [-0.2, 0) is 4.79 Å². The minimum Gasteiger partial charge on any atom is -0.506 e. The molecular weight excluding hydrogens is 206 g/mol. The third kappa shape index (κ3) is 2.37. The second-order valence-electron chi connectivity index (χ2n) is 2.88. The molecule has 0 aromatic heterocycles. The zero-order valence-corrected chi connectivity index (χ0v) is 8.03. The van der Waals surface area contributed by atoms with E-state index >= 15 is 0 Å². The molecule has 1 rings (SSSR count). The molecule has 1 atom stereocenters. The highest BCUT2D eigenvalue weighted by atomic mass is 35.5. The fraction of sp³-hybridized carbons (Fsp3) is 0.222. The lowest BCUT2D eigenvalue weighted by Crippen LogP contribution is -2.15. The van der Waals surface area contributed by atoms with Crippen LogP contribution in [0, 0.1) is 0 Å². The first-order chi connectivity index (χ1) is 6.52. The molecule has 0 aliphatic rings. The van der Waals surface area contributed by atoms with Gasteiger partial charge < -0.3 is 15.9 Å². The Bertz CT molecular complexity index is 354. The number of rotatable bonds is 3. The first-order valence-corrected chi connectivity index (χ1v) is 4.35. The fourth-order valence-electron chi connectivity index (χ4n) is 1.12. The highest BCUT2D eigenvalue weighted by molar-refractivity contribution is 6.32. The van der Waals surface area contributed by atoms with E-state index in [1.165, 1.54) is 6.07 Å². The van der Waals surface area contributed by atoms with Crippen LogP contribution in [0.3, 0.4) is 0 Å². The minimum absolute atomic E-state index is 0.0926. The first-order valence-electron chi connectivity index (χ1n) is 3.97. The average Bonchev–Trinajstić information content (AvgIpc) is 2.08. The van der Waals surface area contributed by atoms with E-state index in [2.05, 4.69) is 0 Å². The molecule has 4 N–H and O–H groups in total. The van der Waals surface area contributed by atoms with Gasteiger partial charge in [0.15, 0.2) is 0 Å². The Balaban J connectivity index is 2.95. The molecule has 0 bridgehead atoms. The van der Waals surface area contributed by atoms with E-state index in [1.807, 2.05) is 0 Å². The van der Waals surface area contributed by atoms with Gasteiger partial charge in [-0.3, -0.25) is 4.79 Å². The molecule has 0 saturated carbocycles. The minimum atomic E-state index is -1.00. The summed E-state index contributed by atoms with van der Waals surface area (Å²) < 4.78 is 0. The highest BCUT2D eigenvalue weighted by Crippen LogP contribution is 2.30. The molecule has 0 heterocycles. The Morgan fingerprint density at radius 3 is 2.79 bits per heavy atom. The van der Waals surface area contributed by atoms with E-state index in [0.29, 0.717) is 5.56 Å². The lowest BCUT2D eigenvalue weighted by atomic mass is 10.0. The van der Waals surface area contributed by atoms with Crippen molar-refractivity contribution in [2.24, 2.45) is 5.73 Å². The van der Waals surface area contributed by atoms with E-state index < -0.39 is 12.0 Å². The predicted molar refractivity (Wildman–Crippen MR) is 52.3 cm³/mol. The molecule has 5 heteroatoms. The summed E-state index contributed by atoms with van der Waals surface area (Å²) in [6.45, 7) is 0. The monoisotopic (exact) mass is 215 g/mol. The van der Waals surface area contributed by atoms with Gasteiger partial charge in [-0.15, -0.1) is 0 Å². The summed E-state index contributed by atoms with van der Waals surface area (Å²) in [5.74, 6) is -1.10. The number of nitrogens with two attached hydrogens (primary N) is 1. The summed E-state index contributed by atoms with van der Waals surface area (Å²) in [5.41, 5.74) is 6.03. The molecule has 0 spiro atoms. The number of carboxylic acid groups (broad SMARTS) is 1. The molecule has 0 saturated heterocycles. The molecule has 0 aliphatic heterocycles. The highest BCUT2D eigenvalue weighted by Gasteiger charge is 2.15.